The zero-order valence-electron chi connectivity index (χ0n) is 10.5. The minimum atomic E-state index is 0.219. The molecule has 0 aromatic heterocycles. The highest BCUT2D eigenvalue weighted by atomic mass is 32.2. The van der Waals surface area contributed by atoms with Crippen LogP contribution in [0.3, 0.4) is 0 Å². The molecule has 2 aromatic carbocycles. The van der Waals surface area contributed by atoms with Gasteiger partial charge in [-0.3, -0.25) is 0 Å². The van der Waals surface area contributed by atoms with Crippen molar-refractivity contribution < 1.29 is 9.84 Å². The molecule has 3 heteroatoms. The molecule has 0 saturated carbocycles. The second kappa shape index (κ2) is 5.83. The van der Waals surface area contributed by atoms with Crippen molar-refractivity contribution in [3.05, 3.63) is 42.5 Å². The van der Waals surface area contributed by atoms with E-state index in [2.05, 4.69) is 31.2 Å². The first-order chi connectivity index (χ1) is 8.72. The van der Waals surface area contributed by atoms with Gasteiger partial charge < -0.3 is 9.84 Å². The number of thioether (sulfide) groups is 1. The topological polar surface area (TPSA) is 29.5 Å². The van der Waals surface area contributed by atoms with Crippen molar-refractivity contribution in [2.75, 3.05) is 12.9 Å². The number of methoxy groups -OCH3 is 1. The third-order valence-corrected chi connectivity index (χ3v) is 3.52. The molecule has 1 N–H and O–H groups in total. The SMILES string of the molecule is CCSc1ccc(-c2cc(O)cc(OC)c2)cc1. The van der Waals surface area contributed by atoms with Crippen molar-refractivity contribution >= 4 is 11.8 Å². The Bertz CT molecular complexity index is 521. The Kier molecular flexibility index (Phi) is 4.15. The third kappa shape index (κ3) is 2.99. The van der Waals surface area contributed by atoms with Gasteiger partial charge in [0.2, 0.25) is 0 Å². The lowest BCUT2D eigenvalue weighted by Crippen LogP contribution is -1.84. The van der Waals surface area contributed by atoms with Crippen LogP contribution in [-0.2, 0) is 0 Å². The summed E-state index contributed by atoms with van der Waals surface area (Å²) in [6.45, 7) is 2.14. The molecule has 2 nitrogen and oxygen atoms in total. The Morgan fingerprint density at radius 1 is 1.06 bits per heavy atom. The fourth-order valence-electron chi connectivity index (χ4n) is 1.78. The van der Waals surface area contributed by atoms with Crippen LogP contribution < -0.4 is 4.74 Å². The molecule has 0 saturated heterocycles. The molecule has 0 radical (unpaired) electrons. The summed E-state index contributed by atoms with van der Waals surface area (Å²) < 4.78 is 5.16. The number of benzene rings is 2. The van der Waals surface area contributed by atoms with Crippen LogP contribution in [0.4, 0.5) is 0 Å². The summed E-state index contributed by atoms with van der Waals surface area (Å²) in [5, 5.41) is 9.64. The third-order valence-electron chi connectivity index (χ3n) is 2.63. The Morgan fingerprint density at radius 2 is 1.78 bits per heavy atom. The molecule has 2 rings (SSSR count). The van der Waals surface area contributed by atoms with Crippen molar-refractivity contribution in [3.63, 3.8) is 0 Å². The van der Waals surface area contributed by atoms with Gasteiger partial charge in [0.25, 0.3) is 0 Å². The predicted molar refractivity (Wildman–Crippen MR) is 76.5 cm³/mol. The lowest BCUT2D eigenvalue weighted by atomic mass is 10.1. The molecule has 0 unspecified atom stereocenters. The summed E-state index contributed by atoms with van der Waals surface area (Å²) in [5.74, 6) is 1.95. The molecule has 0 aliphatic carbocycles. The van der Waals surface area contributed by atoms with Crippen molar-refractivity contribution in [2.45, 2.75) is 11.8 Å². The summed E-state index contributed by atoms with van der Waals surface area (Å²) in [6, 6.07) is 13.6. The number of rotatable bonds is 4. The predicted octanol–water partition coefficient (Wildman–Crippen LogP) is 4.18. The van der Waals surface area contributed by atoms with Gasteiger partial charge in [-0.25, -0.2) is 0 Å². The number of hydrogen-bond donors (Lipinski definition) is 1. The summed E-state index contributed by atoms with van der Waals surface area (Å²) in [7, 11) is 1.60. The summed E-state index contributed by atoms with van der Waals surface area (Å²) in [4.78, 5) is 1.26. The molecule has 0 spiro atoms. The van der Waals surface area contributed by atoms with Crippen LogP contribution in [0.1, 0.15) is 6.92 Å². The summed E-state index contributed by atoms with van der Waals surface area (Å²) in [6.07, 6.45) is 0. The van der Waals surface area contributed by atoms with Crippen molar-refractivity contribution in [1.29, 1.82) is 0 Å². The molecule has 0 atom stereocenters. The highest BCUT2D eigenvalue weighted by Gasteiger charge is 2.03. The minimum absolute atomic E-state index is 0.219. The van der Waals surface area contributed by atoms with Gasteiger partial charge in [0.1, 0.15) is 11.5 Å². The summed E-state index contributed by atoms with van der Waals surface area (Å²) >= 11 is 1.82. The van der Waals surface area contributed by atoms with Crippen LogP contribution in [0, 0.1) is 0 Å². The number of phenols is 1. The zero-order chi connectivity index (χ0) is 13.0. The lowest BCUT2D eigenvalue weighted by Gasteiger charge is -2.07. The van der Waals surface area contributed by atoms with E-state index in [1.54, 1.807) is 19.2 Å². The van der Waals surface area contributed by atoms with E-state index in [4.69, 9.17) is 4.74 Å². The van der Waals surface area contributed by atoms with E-state index in [0.717, 1.165) is 16.9 Å². The Balaban J connectivity index is 2.33. The van der Waals surface area contributed by atoms with Gasteiger partial charge in [-0.2, -0.15) is 0 Å². The van der Waals surface area contributed by atoms with Gasteiger partial charge in [0.05, 0.1) is 7.11 Å². The number of aromatic hydroxyl groups is 1. The second-order valence-electron chi connectivity index (χ2n) is 3.88. The molecule has 0 aliphatic rings. The number of phenolic OH excluding ortho intramolecular Hbond substituents is 1. The van der Waals surface area contributed by atoms with E-state index < -0.39 is 0 Å². The molecule has 0 heterocycles. The Labute approximate surface area is 112 Å². The zero-order valence-corrected chi connectivity index (χ0v) is 11.3. The molecule has 0 amide bonds. The molecule has 0 fully saturated rings. The van der Waals surface area contributed by atoms with Crippen molar-refractivity contribution in [3.8, 4) is 22.6 Å². The van der Waals surface area contributed by atoms with Crippen LogP contribution in [0.2, 0.25) is 0 Å². The maximum atomic E-state index is 9.64. The van der Waals surface area contributed by atoms with Gasteiger partial charge in [0.15, 0.2) is 0 Å². The van der Waals surface area contributed by atoms with Crippen LogP contribution in [0.15, 0.2) is 47.4 Å². The van der Waals surface area contributed by atoms with E-state index in [1.807, 2.05) is 17.8 Å². The number of ether oxygens (including phenoxy) is 1. The monoisotopic (exact) mass is 260 g/mol. The average molecular weight is 260 g/mol. The van der Waals surface area contributed by atoms with Gasteiger partial charge in [-0.05, 0) is 41.1 Å². The minimum Gasteiger partial charge on any atom is -0.508 e. The molecular weight excluding hydrogens is 244 g/mol. The van der Waals surface area contributed by atoms with Crippen LogP contribution in [0.25, 0.3) is 11.1 Å². The maximum Gasteiger partial charge on any atom is 0.123 e. The van der Waals surface area contributed by atoms with E-state index in [0.29, 0.717) is 5.75 Å². The van der Waals surface area contributed by atoms with E-state index in [-0.39, 0.29) is 5.75 Å². The van der Waals surface area contributed by atoms with Gasteiger partial charge >= 0.3 is 0 Å². The molecule has 2 aromatic rings. The fourth-order valence-corrected chi connectivity index (χ4v) is 2.44. The van der Waals surface area contributed by atoms with Gasteiger partial charge in [-0.1, -0.05) is 19.1 Å². The van der Waals surface area contributed by atoms with Crippen molar-refractivity contribution in [1.82, 2.24) is 0 Å². The highest BCUT2D eigenvalue weighted by Crippen LogP contribution is 2.30. The molecule has 0 bridgehead atoms. The first-order valence-electron chi connectivity index (χ1n) is 5.84. The highest BCUT2D eigenvalue weighted by molar-refractivity contribution is 7.99. The number of hydrogen-bond acceptors (Lipinski definition) is 3. The van der Waals surface area contributed by atoms with Crippen molar-refractivity contribution in [2.24, 2.45) is 0 Å². The quantitative estimate of drug-likeness (QED) is 0.836. The molecular formula is C15H16O2S. The lowest BCUT2D eigenvalue weighted by molar-refractivity contribution is 0.408. The maximum absolute atomic E-state index is 9.64. The van der Waals surface area contributed by atoms with Crippen LogP contribution in [0.5, 0.6) is 11.5 Å². The Hall–Kier alpha value is -1.61. The van der Waals surface area contributed by atoms with E-state index in [9.17, 15) is 5.11 Å². The van der Waals surface area contributed by atoms with Crippen LogP contribution in [-0.4, -0.2) is 18.0 Å². The largest absolute Gasteiger partial charge is 0.508 e. The normalized spacial score (nSPS) is 10.3. The smallest absolute Gasteiger partial charge is 0.123 e. The van der Waals surface area contributed by atoms with E-state index in [1.165, 1.54) is 4.90 Å². The fraction of sp³-hybridized carbons (Fsp3) is 0.200. The van der Waals surface area contributed by atoms with Gasteiger partial charge in [-0.15, -0.1) is 11.8 Å². The first-order valence-corrected chi connectivity index (χ1v) is 6.82. The second-order valence-corrected chi connectivity index (χ2v) is 5.21. The summed E-state index contributed by atoms with van der Waals surface area (Å²) in [5.41, 5.74) is 2.03. The first kappa shape index (κ1) is 12.8. The molecule has 18 heavy (non-hydrogen) atoms. The van der Waals surface area contributed by atoms with Crippen LogP contribution >= 0.6 is 11.8 Å². The van der Waals surface area contributed by atoms with Gasteiger partial charge in [0, 0.05) is 11.0 Å². The Morgan fingerprint density at radius 3 is 2.39 bits per heavy atom. The molecule has 0 aliphatic heterocycles. The molecule has 94 valence electrons. The average Bonchev–Trinajstić information content (AvgIpc) is 2.39. The standard InChI is InChI=1S/C15H16O2S/c1-3-18-15-6-4-11(5-7-15)12-8-13(16)10-14(9-12)17-2/h4-10,16H,3H2,1-2H3. The van der Waals surface area contributed by atoms with E-state index >= 15 is 0 Å².